The summed E-state index contributed by atoms with van der Waals surface area (Å²) in [6.07, 6.45) is 0.291. The van der Waals surface area contributed by atoms with Gasteiger partial charge in [0.05, 0.1) is 19.3 Å². The largest absolute Gasteiger partial charge is 0.481 e. The molecule has 15 heavy (non-hydrogen) atoms. The molecule has 0 spiro atoms. The van der Waals surface area contributed by atoms with E-state index in [0.717, 1.165) is 5.69 Å². The third kappa shape index (κ3) is 2.03. The van der Waals surface area contributed by atoms with Crippen LogP contribution in [0.1, 0.15) is 0 Å². The van der Waals surface area contributed by atoms with Crippen molar-refractivity contribution >= 4 is 5.69 Å². The smallest absolute Gasteiger partial charge is 0.214 e. The van der Waals surface area contributed by atoms with E-state index in [4.69, 9.17) is 4.74 Å². The number of aromatic nitrogens is 1. The number of anilines is 1. The predicted molar refractivity (Wildman–Crippen MR) is 55.0 cm³/mol. The Labute approximate surface area is 87.9 Å². The van der Waals surface area contributed by atoms with Gasteiger partial charge in [-0.05, 0) is 6.07 Å². The van der Waals surface area contributed by atoms with E-state index in [-0.39, 0.29) is 0 Å². The van der Waals surface area contributed by atoms with Crippen LogP contribution in [0, 0.1) is 0 Å². The molecule has 0 saturated carbocycles. The minimum Gasteiger partial charge on any atom is -0.481 e. The van der Waals surface area contributed by atoms with Gasteiger partial charge in [0, 0.05) is 31.0 Å². The maximum absolute atomic E-state index is 9.42. The average Bonchev–Trinajstić information content (AvgIpc) is 2.59. The Hall–Kier alpha value is -1.33. The van der Waals surface area contributed by atoms with E-state index < -0.39 is 12.2 Å². The Bertz CT molecular complexity index is 335. The molecule has 2 N–H and O–H groups in total. The van der Waals surface area contributed by atoms with Crippen molar-refractivity contribution in [3.63, 3.8) is 0 Å². The predicted octanol–water partition coefficient (Wildman–Crippen LogP) is -0.368. The monoisotopic (exact) mass is 210 g/mol. The summed E-state index contributed by atoms with van der Waals surface area (Å²) in [5.74, 6) is 0.531. The summed E-state index contributed by atoms with van der Waals surface area (Å²) in [6.45, 7) is 0.878. The van der Waals surface area contributed by atoms with E-state index in [0.29, 0.717) is 19.0 Å². The first kappa shape index (κ1) is 10.2. The van der Waals surface area contributed by atoms with Crippen LogP contribution in [0.25, 0.3) is 0 Å². The van der Waals surface area contributed by atoms with Gasteiger partial charge in [0.1, 0.15) is 0 Å². The summed E-state index contributed by atoms with van der Waals surface area (Å²) in [5, 5.41) is 18.8. The van der Waals surface area contributed by atoms with Gasteiger partial charge in [-0.2, -0.15) is 0 Å². The number of β-amino-alcohol motifs (C(OH)–C–C–N with tert-alkyl or cyclic N) is 2. The molecule has 1 fully saturated rings. The lowest BCUT2D eigenvalue weighted by molar-refractivity contribution is 0.0572. The van der Waals surface area contributed by atoms with Crippen molar-refractivity contribution in [2.45, 2.75) is 12.2 Å². The van der Waals surface area contributed by atoms with Crippen LogP contribution in [0.2, 0.25) is 0 Å². The zero-order chi connectivity index (χ0) is 10.8. The highest BCUT2D eigenvalue weighted by atomic mass is 16.5. The zero-order valence-corrected chi connectivity index (χ0v) is 8.50. The number of hydrogen-bond donors (Lipinski definition) is 2. The highest BCUT2D eigenvalue weighted by molar-refractivity contribution is 5.49. The van der Waals surface area contributed by atoms with Gasteiger partial charge in [-0.3, -0.25) is 0 Å². The van der Waals surface area contributed by atoms with Gasteiger partial charge in [0.25, 0.3) is 0 Å². The van der Waals surface area contributed by atoms with E-state index in [1.165, 1.54) is 0 Å². The third-order valence-corrected chi connectivity index (χ3v) is 2.55. The lowest BCUT2D eigenvalue weighted by atomic mass is 10.3. The SMILES string of the molecule is COc1cc(N2CC(O)C(O)C2)ccn1. The second-order valence-corrected chi connectivity index (χ2v) is 3.60. The number of hydrogen-bond acceptors (Lipinski definition) is 5. The van der Waals surface area contributed by atoms with Gasteiger partial charge in [-0.1, -0.05) is 0 Å². The van der Waals surface area contributed by atoms with Crippen molar-refractivity contribution in [1.29, 1.82) is 0 Å². The Kier molecular flexibility index (Phi) is 2.75. The van der Waals surface area contributed by atoms with Crippen LogP contribution >= 0.6 is 0 Å². The normalized spacial score (nSPS) is 25.7. The number of pyridine rings is 1. The summed E-state index contributed by atoms with van der Waals surface area (Å²) in [5.41, 5.74) is 0.900. The highest BCUT2D eigenvalue weighted by Crippen LogP contribution is 2.22. The summed E-state index contributed by atoms with van der Waals surface area (Å²) in [6, 6.07) is 3.61. The van der Waals surface area contributed by atoms with Crippen molar-refractivity contribution in [2.75, 3.05) is 25.1 Å². The number of aliphatic hydroxyl groups is 2. The molecular weight excluding hydrogens is 196 g/mol. The Morgan fingerprint density at radius 1 is 1.40 bits per heavy atom. The Balaban J connectivity index is 2.16. The Morgan fingerprint density at radius 2 is 2.07 bits per heavy atom. The van der Waals surface area contributed by atoms with Gasteiger partial charge in [0.15, 0.2) is 0 Å². The molecule has 2 heterocycles. The van der Waals surface area contributed by atoms with Gasteiger partial charge >= 0.3 is 0 Å². The van der Waals surface area contributed by atoms with Crippen LogP contribution < -0.4 is 9.64 Å². The first-order valence-electron chi connectivity index (χ1n) is 4.82. The first-order chi connectivity index (χ1) is 7.20. The standard InChI is InChI=1S/C10H14N2O3/c1-15-10-4-7(2-3-11-10)12-5-8(13)9(14)6-12/h2-4,8-9,13-14H,5-6H2,1H3. The molecule has 82 valence electrons. The van der Waals surface area contributed by atoms with E-state index in [2.05, 4.69) is 4.98 Å². The number of ether oxygens (including phenoxy) is 1. The van der Waals surface area contributed by atoms with Crippen LogP contribution in [0.3, 0.4) is 0 Å². The van der Waals surface area contributed by atoms with Crippen molar-refractivity contribution in [3.05, 3.63) is 18.3 Å². The minimum absolute atomic E-state index is 0.439. The number of methoxy groups -OCH3 is 1. The molecule has 1 aromatic rings. The van der Waals surface area contributed by atoms with E-state index in [1.54, 1.807) is 19.4 Å². The molecule has 0 radical (unpaired) electrons. The van der Waals surface area contributed by atoms with Crippen LogP contribution in [-0.4, -0.2) is 47.6 Å². The molecule has 1 aliphatic heterocycles. The van der Waals surface area contributed by atoms with Gasteiger partial charge < -0.3 is 19.8 Å². The fraction of sp³-hybridized carbons (Fsp3) is 0.500. The Morgan fingerprint density at radius 3 is 2.67 bits per heavy atom. The summed E-state index contributed by atoms with van der Waals surface area (Å²) >= 11 is 0. The van der Waals surface area contributed by atoms with E-state index in [1.807, 2.05) is 11.0 Å². The molecule has 0 aromatic carbocycles. The molecule has 1 aliphatic rings. The molecule has 5 nitrogen and oxygen atoms in total. The van der Waals surface area contributed by atoms with Gasteiger partial charge in [-0.15, -0.1) is 0 Å². The lowest BCUT2D eigenvalue weighted by Gasteiger charge is -2.17. The zero-order valence-electron chi connectivity index (χ0n) is 8.50. The van der Waals surface area contributed by atoms with Crippen LogP contribution in [-0.2, 0) is 0 Å². The lowest BCUT2D eigenvalue weighted by Crippen LogP contribution is -2.22. The minimum atomic E-state index is -0.677. The van der Waals surface area contributed by atoms with Crippen molar-refractivity contribution < 1.29 is 14.9 Å². The second kappa shape index (κ2) is 4.04. The quantitative estimate of drug-likeness (QED) is 0.697. The summed E-state index contributed by atoms with van der Waals surface area (Å²) in [4.78, 5) is 5.90. The molecule has 5 heteroatoms. The summed E-state index contributed by atoms with van der Waals surface area (Å²) < 4.78 is 5.01. The molecule has 1 saturated heterocycles. The number of rotatable bonds is 2. The highest BCUT2D eigenvalue weighted by Gasteiger charge is 2.29. The van der Waals surface area contributed by atoms with Gasteiger partial charge in [-0.25, -0.2) is 4.98 Å². The van der Waals surface area contributed by atoms with Crippen LogP contribution in [0.5, 0.6) is 5.88 Å². The van der Waals surface area contributed by atoms with Crippen LogP contribution in [0.15, 0.2) is 18.3 Å². The topological polar surface area (TPSA) is 65.8 Å². The van der Waals surface area contributed by atoms with Gasteiger partial charge in [0.2, 0.25) is 5.88 Å². The van der Waals surface area contributed by atoms with Crippen molar-refractivity contribution in [3.8, 4) is 5.88 Å². The second-order valence-electron chi connectivity index (χ2n) is 3.60. The molecule has 1 aromatic heterocycles. The number of aliphatic hydroxyl groups excluding tert-OH is 2. The third-order valence-electron chi connectivity index (χ3n) is 2.55. The number of nitrogens with zero attached hydrogens (tertiary/aromatic N) is 2. The molecular formula is C10H14N2O3. The van der Waals surface area contributed by atoms with Crippen molar-refractivity contribution in [1.82, 2.24) is 4.98 Å². The molecule has 2 rings (SSSR count). The molecule has 0 amide bonds. The first-order valence-corrected chi connectivity index (χ1v) is 4.82. The maximum Gasteiger partial charge on any atom is 0.214 e. The summed E-state index contributed by atoms with van der Waals surface area (Å²) in [7, 11) is 1.56. The maximum atomic E-state index is 9.42. The molecule has 2 unspecified atom stereocenters. The molecule has 2 atom stereocenters. The fourth-order valence-corrected chi connectivity index (χ4v) is 1.69. The van der Waals surface area contributed by atoms with Crippen molar-refractivity contribution in [2.24, 2.45) is 0 Å². The van der Waals surface area contributed by atoms with E-state index in [9.17, 15) is 10.2 Å². The van der Waals surface area contributed by atoms with E-state index >= 15 is 0 Å². The average molecular weight is 210 g/mol. The molecule has 0 bridgehead atoms. The fourth-order valence-electron chi connectivity index (χ4n) is 1.69. The molecule has 0 aliphatic carbocycles. The van der Waals surface area contributed by atoms with Crippen LogP contribution in [0.4, 0.5) is 5.69 Å².